The van der Waals surface area contributed by atoms with Gasteiger partial charge in [-0.05, 0) is 18.2 Å². The van der Waals surface area contributed by atoms with Gasteiger partial charge in [0, 0.05) is 42.8 Å². The van der Waals surface area contributed by atoms with Crippen LogP contribution in [-0.4, -0.2) is 30.4 Å². The molecule has 0 radical (unpaired) electrons. The average Bonchev–Trinajstić information content (AvgIpc) is 2.73. The number of nitrogens with zero attached hydrogens (tertiary/aromatic N) is 1. The summed E-state index contributed by atoms with van der Waals surface area (Å²) in [7, 11) is -0.935. The van der Waals surface area contributed by atoms with Crippen LogP contribution in [0.5, 0.6) is 0 Å². The summed E-state index contributed by atoms with van der Waals surface area (Å²) in [4.78, 5) is 3.32. The van der Waals surface area contributed by atoms with Crippen molar-refractivity contribution in [2.75, 3.05) is 31.1 Å². The van der Waals surface area contributed by atoms with E-state index in [-0.39, 0.29) is 0 Å². The van der Waals surface area contributed by atoms with Gasteiger partial charge in [0.25, 0.3) is 0 Å². The fourth-order valence-corrected chi connectivity index (χ4v) is 3.27. The molecule has 4 heteroatoms. The normalized spacial score (nSPS) is 23.5. The summed E-state index contributed by atoms with van der Waals surface area (Å²) in [5.41, 5.74) is 2.36. The minimum atomic E-state index is -0.935. The Labute approximate surface area is 97.6 Å². The van der Waals surface area contributed by atoms with Gasteiger partial charge < -0.3 is 10.2 Å². The molecule has 16 heavy (non-hydrogen) atoms. The zero-order valence-corrected chi connectivity index (χ0v) is 9.80. The topological polar surface area (TPSA) is 32.3 Å². The van der Waals surface area contributed by atoms with Gasteiger partial charge in [-0.2, -0.15) is 0 Å². The van der Waals surface area contributed by atoms with E-state index in [0.717, 1.165) is 36.6 Å². The first kappa shape index (κ1) is 10.1. The van der Waals surface area contributed by atoms with E-state index in [1.807, 2.05) is 18.2 Å². The van der Waals surface area contributed by atoms with Crippen LogP contribution in [0.4, 0.5) is 5.69 Å². The zero-order valence-electron chi connectivity index (χ0n) is 8.98. The second-order valence-corrected chi connectivity index (χ2v) is 5.33. The maximum absolute atomic E-state index is 11.7. The number of piperazine rings is 1. The van der Waals surface area contributed by atoms with Gasteiger partial charge in [0.2, 0.25) is 0 Å². The Balaban J connectivity index is 2.01. The largest absolute Gasteiger partial charge is 0.368 e. The number of hydrogen-bond donors (Lipinski definition) is 1. The number of nitrogens with one attached hydrogen (secondary N) is 1. The molecule has 2 aliphatic heterocycles. The van der Waals surface area contributed by atoms with E-state index in [1.54, 1.807) is 5.41 Å². The third kappa shape index (κ3) is 1.58. The Bertz CT molecular complexity index is 464. The van der Waals surface area contributed by atoms with Crippen molar-refractivity contribution in [3.8, 4) is 0 Å². The lowest BCUT2D eigenvalue weighted by molar-refractivity contribution is 0.588. The molecular formula is C12H14N2OS. The molecule has 3 rings (SSSR count). The van der Waals surface area contributed by atoms with E-state index < -0.39 is 10.8 Å². The molecule has 0 aromatic heterocycles. The molecule has 3 nitrogen and oxygen atoms in total. The quantitative estimate of drug-likeness (QED) is 0.792. The standard InChI is InChI=1S/C12H14N2OS/c15-16-9-4-10-11(2-1-3-12(10)16)14-7-5-13-6-8-14/h1-4,9,13H,5-8H2. The monoisotopic (exact) mass is 234 g/mol. The van der Waals surface area contributed by atoms with E-state index in [1.165, 1.54) is 5.69 Å². The Morgan fingerprint density at radius 1 is 1.25 bits per heavy atom. The van der Waals surface area contributed by atoms with Crippen LogP contribution in [0.1, 0.15) is 5.56 Å². The van der Waals surface area contributed by atoms with Gasteiger partial charge in [-0.3, -0.25) is 0 Å². The predicted octanol–water partition coefficient (Wildman–Crippen LogP) is 1.19. The van der Waals surface area contributed by atoms with Gasteiger partial charge in [-0.15, -0.1) is 0 Å². The Morgan fingerprint density at radius 3 is 2.88 bits per heavy atom. The summed E-state index contributed by atoms with van der Waals surface area (Å²) in [5.74, 6) is 0. The molecule has 1 unspecified atom stereocenters. The lowest BCUT2D eigenvalue weighted by atomic mass is 10.1. The Hall–Kier alpha value is -1.13. The fraction of sp³-hybridized carbons (Fsp3) is 0.333. The van der Waals surface area contributed by atoms with Crippen LogP contribution < -0.4 is 10.2 Å². The van der Waals surface area contributed by atoms with Crippen molar-refractivity contribution in [2.45, 2.75) is 4.90 Å². The first-order chi connectivity index (χ1) is 7.86. The number of benzene rings is 1. The smallest absolute Gasteiger partial charge is 0.0783 e. The molecule has 0 saturated carbocycles. The first-order valence-electron chi connectivity index (χ1n) is 5.54. The predicted molar refractivity (Wildman–Crippen MR) is 67.0 cm³/mol. The SMILES string of the molecule is O=S1C=Cc2c(N3CCNCC3)cccc21. The summed E-state index contributed by atoms with van der Waals surface area (Å²) >= 11 is 0. The molecule has 0 aliphatic carbocycles. The summed E-state index contributed by atoms with van der Waals surface area (Å²) in [6.07, 6.45) is 1.99. The highest BCUT2D eigenvalue weighted by Gasteiger charge is 2.19. The van der Waals surface area contributed by atoms with Crippen LogP contribution in [0.15, 0.2) is 28.5 Å². The Kier molecular flexibility index (Phi) is 2.53. The van der Waals surface area contributed by atoms with Gasteiger partial charge in [0.05, 0.1) is 15.7 Å². The number of fused-ring (bicyclic) bond motifs is 1. The molecule has 0 bridgehead atoms. The molecule has 1 saturated heterocycles. The lowest BCUT2D eigenvalue weighted by Gasteiger charge is -2.30. The van der Waals surface area contributed by atoms with Gasteiger partial charge in [0.15, 0.2) is 0 Å². The van der Waals surface area contributed by atoms with Crippen molar-refractivity contribution < 1.29 is 4.21 Å². The van der Waals surface area contributed by atoms with Crippen LogP contribution in [0.25, 0.3) is 6.08 Å². The third-order valence-electron chi connectivity index (χ3n) is 3.08. The molecule has 1 N–H and O–H groups in total. The molecule has 1 aromatic rings. The number of anilines is 1. The van der Waals surface area contributed by atoms with Crippen molar-refractivity contribution >= 4 is 22.6 Å². The molecule has 1 atom stereocenters. The summed E-state index contributed by atoms with van der Waals surface area (Å²) < 4.78 is 11.7. The molecule has 84 valence electrons. The zero-order chi connectivity index (χ0) is 11.0. The molecule has 1 aromatic carbocycles. The van der Waals surface area contributed by atoms with Crippen LogP contribution >= 0.6 is 0 Å². The highest BCUT2D eigenvalue weighted by Crippen LogP contribution is 2.32. The van der Waals surface area contributed by atoms with Crippen molar-refractivity contribution in [3.05, 3.63) is 29.2 Å². The highest BCUT2D eigenvalue weighted by molar-refractivity contribution is 7.88. The van der Waals surface area contributed by atoms with Gasteiger partial charge >= 0.3 is 0 Å². The maximum atomic E-state index is 11.7. The summed E-state index contributed by atoms with van der Waals surface area (Å²) in [6, 6.07) is 6.08. The second kappa shape index (κ2) is 4.03. The van der Waals surface area contributed by atoms with E-state index in [4.69, 9.17) is 0 Å². The van der Waals surface area contributed by atoms with Gasteiger partial charge in [-0.25, -0.2) is 4.21 Å². The highest BCUT2D eigenvalue weighted by atomic mass is 32.2. The molecule has 1 fully saturated rings. The Morgan fingerprint density at radius 2 is 2.06 bits per heavy atom. The molecule has 0 amide bonds. The average molecular weight is 234 g/mol. The van der Waals surface area contributed by atoms with Crippen LogP contribution in [0, 0.1) is 0 Å². The van der Waals surface area contributed by atoms with E-state index in [9.17, 15) is 4.21 Å². The minimum Gasteiger partial charge on any atom is -0.368 e. The molecule has 2 heterocycles. The third-order valence-corrected chi connectivity index (χ3v) is 4.25. The maximum Gasteiger partial charge on any atom is 0.0783 e. The number of rotatable bonds is 1. The lowest BCUT2D eigenvalue weighted by Crippen LogP contribution is -2.43. The summed E-state index contributed by atoms with van der Waals surface area (Å²) in [6.45, 7) is 4.10. The van der Waals surface area contributed by atoms with Crippen LogP contribution in [0.2, 0.25) is 0 Å². The molecule has 2 aliphatic rings. The number of hydrogen-bond acceptors (Lipinski definition) is 3. The van der Waals surface area contributed by atoms with E-state index in [2.05, 4.69) is 16.3 Å². The van der Waals surface area contributed by atoms with Gasteiger partial charge in [0.1, 0.15) is 0 Å². The van der Waals surface area contributed by atoms with Crippen molar-refractivity contribution in [2.24, 2.45) is 0 Å². The van der Waals surface area contributed by atoms with Crippen LogP contribution in [0.3, 0.4) is 0 Å². The van der Waals surface area contributed by atoms with E-state index >= 15 is 0 Å². The molecule has 0 spiro atoms. The van der Waals surface area contributed by atoms with Crippen molar-refractivity contribution in [1.29, 1.82) is 0 Å². The van der Waals surface area contributed by atoms with Crippen molar-refractivity contribution in [1.82, 2.24) is 5.32 Å². The summed E-state index contributed by atoms with van der Waals surface area (Å²) in [5, 5.41) is 5.12. The first-order valence-corrected chi connectivity index (χ1v) is 6.75. The van der Waals surface area contributed by atoms with Crippen molar-refractivity contribution in [3.63, 3.8) is 0 Å². The second-order valence-electron chi connectivity index (χ2n) is 4.03. The molecular weight excluding hydrogens is 220 g/mol. The van der Waals surface area contributed by atoms with Crippen LogP contribution in [-0.2, 0) is 10.8 Å². The fourth-order valence-electron chi connectivity index (χ4n) is 2.26. The minimum absolute atomic E-state index is 0.935. The van der Waals surface area contributed by atoms with Gasteiger partial charge in [-0.1, -0.05) is 6.07 Å². The van der Waals surface area contributed by atoms with E-state index in [0.29, 0.717) is 0 Å².